The largest absolute Gasteiger partial charge is 0.387 e. The Morgan fingerprint density at radius 2 is 2.00 bits per heavy atom. The number of hydrogen-bond donors (Lipinski definition) is 1. The molecule has 11 heavy (non-hydrogen) atoms. The van der Waals surface area contributed by atoms with Gasteiger partial charge in [0.2, 0.25) is 0 Å². The second-order valence-electron chi connectivity index (χ2n) is 2.69. The lowest BCUT2D eigenvalue weighted by molar-refractivity contribution is 0.198. The number of aliphatic hydroxyl groups is 1. The SMILES string of the molecule is C/C=C\C=C(\C(C)O)N(C)C. The molecule has 0 saturated carbocycles. The zero-order chi connectivity index (χ0) is 8.85. The topological polar surface area (TPSA) is 23.5 Å². The van der Waals surface area contributed by atoms with Gasteiger partial charge in [-0.25, -0.2) is 0 Å². The van der Waals surface area contributed by atoms with Crippen molar-refractivity contribution in [2.24, 2.45) is 0 Å². The Kier molecular flexibility index (Phi) is 4.62. The van der Waals surface area contributed by atoms with Crippen LogP contribution in [-0.4, -0.2) is 30.2 Å². The third-order valence-electron chi connectivity index (χ3n) is 1.40. The summed E-state index contributed by atoms with van der Waals surface area (Å²) >= 11 is 0. The van der Waals surface area contributed by atoms with Gasteiger partial charge in [0.15, 0.2) is 0 Å². The van der Waals surface area contributed by atoms with E-state index in [1.165, 1.54) is 0 Å². The van der Waals surface area contributed by atoms with Crippen molar-refractivity contribution in [3.05, 3.63) is 23.9 Å². The van der Waals surface area contributed by atoms with E-state index in [2.05, 4.69) is 0 Å². The fourth-order valence-electron chi connectivity index (χ4n) is 0.857. The highest BCUT2D eigenvalue weighted by Crippen LogP contribution is 2.04. The Morgan fingerprint density at radius 3 is 2.27 bits per heavy atom. The number of nitrogens with zero attached hydrogens (tertiary/aromatic N) is 1. The van der Waals surface area contributed by atoms with Crippen LogP contribution in [0.5, 0.6) is 0 Å². The van der Waals surface area contributed by atoms with E-state index in [0.29, 0.717) is 0 Å². The van der Waals surface area contributed by atoms with E-state index in [4.69, 9.17) is 0 Å². The van der Waals surface area contributed by atoms with Gasteiger partial charge < -0.3 is 10.0 Å². The van der Waals surface area contributed by atoms with E-state index in [1.54, 1.807) is 6.92 Å². The molecular formula is C9H17NO. The van der Waals surface area contributed by atoms with Crippen molar-refractivity contribution in [3.8, 4) is 0 Å². The van der Waals surface area contributed by atoms with Crippen LogP contribution in [0.25, 0.3) is 0 Å². The molecule has 0 aromatic heterocycles. The molecule has 0 aromatic carbocycles. The second kappa shape index (κ2) is 4.97. The summed E-state index contributed by atoms with van der Waals surface area (Å²) in [4.78, 5) is 1.91. The number of aliphatic hydroxyl groups excluding tert-OH is 1. The summed E-state index contributed by atoms with van der Waals surface area (Å²) in [6.07, 6.45) is 5.36. The molecule has 0 aliphatic heterocycles. The highest BCUT2D eigenvalue weighted by Gasteiger charge is 2.04. The summed E-state index contributed by atoms with van der Waals surface area (Å²) < 4.78 is 0. The lowest BCUT2D eigenvalue weighted by atomic mass is 10.2. The van der Waals surface area contributed by atoms with Gasteiger partial charge in [0.05, 0.1) is 6.10 Å². The standard InChI is InChI=1S/C9H17NO/c1-5-6-7-9(8(2)11)10(3)4/h5-8,11H,1-4H3/b6-5-,9-7-. The molecule has 0 saturated heterocycles. The minimum absolute atomic E-state index is 0.402. The Balaban J connectivity index is 4.33. The van der Waals surface area contributed by atoms with Crippen LogP contribution in [0.4, 0.5) is 0 Å². The lowest BCUT2D eigenvalue weighted by Crippen LogP contribution is -2.20. The molecule has 0 aliphatic carbocycles. The van der Waals surface area contributed by atoms with Gasteiger partial charge in [-0.1, -0.05) is 12.2 Å². The third-order valence-corrected chi connectivity index (χ3v) is 1.40. The average molecular weight is 155 g/mol. The molecule has 0 radical (unpaired) electrons. The van der Waals surface area contributed by atoms with Crippen molar-refractivity contribution in [3.63, 3.8) is 0 Å². The van der Waals surface area contributed by atoms with Crippen molar-refractivity contribution in [2.75, 3.05) is 14.1 Å². The molecule has 0 heterocycles. The number of likely N-dealkylation sites (N-methyl/N-ethyl adjacent to an activating group) is 1. The van der Waals surface area contributed by atoms with Crippen LogP contribution in [0.1, 0.15) is 13.8 Å². The van der Waals surface area contributed by atoms with Crippen LogP contribution in [0.2, 0.25) is 0 Å². The first kappa shape index (κ1) is 10.2. The predicted molar refractivity (Wildman–Crippen MR) is 48.3 cm³/mol. The van der Waals surface area contributed by atoms with Crippen LogP contribution in [0, 0.1) is 0 Å². The van der Waals surface area contributed by atoms with Crippen LogP contribution in [0.15, 0.2) is 23.9 Å². The predicted octanol–water partition coefficient (Wildman–Crippen LogP) is 1.39. The van der Waals surface area contributed by atoms with Crippen molar-refractivity contribution in [1.29, 1.82) is 0 Å². The highest BCUT2D eigenvalue weighted by molar-refractivity contribution is 5.13. The molecule has 1 atom stereocenters. The minimum Gasteiger partial charge on any atom is -0.387 e. The van der Waals surface area contributed by atoms with Crippen molar-refractivity contribution in [1.82, 2.24) is 4.90 Å². The van der Waals surface area contributed by atoms with Gasteiger partial charge in [0.25, 0.3) is 0 Å². The van der Waals surface area contributed by atoms with E-state index < -0.39 is 6.10 Å². The average Bonchev–Trinajstić information content (AvgIpc) is 1.87. The molecule has 1 unspecified atom stereocenters. The Bertz CT molecular complexity index is 147. The van der Waals surface area contributed by atoms with E-state index in [1.807, 2.05) is 44.1 Å². The van der Waals surface area contributed by atoms with E-state index in [0.717, 1.165) is 5.70 Å². The van der Waals surface area contributed by atoms with Crippen molar-refractivity contribution >= 4 is 0 Å². The van der Waals surface area contributed by atoms with Crippen molar-refractivity contribution < 1.29 is 5.11 Å². The molecule has 64 valence electrons. The van der Waals surface area contributed by atoms with Crippen LogP contribution in [-0.2, 0) is 0 Å². The lowest BCUT2D eigenvalue weighted by Gasteiger charge is -2.18. The molecule has 0 amide bonds. The maximum atomic E-state index is 9.27. The van der Waals surface area contributed by atoms with Gasteiger partial charge >= 0.3 is 0 Å². The van der Waals surface area contributed by atoms with Crippen LogP contribution in [0.3, 0.4) is 0 Å². The van der Waals surface area contributed by atoms with Crippen molar-refractivity contribution in [2.45, 2.75) is 20.0 Å². The molecule has 0 aliphatic rings. The Hall–Kier alpha value is -0.760. The smallest absolute Gasteiger partial charge is 0.0908 e. The minimum atomic E-state index is -0.402. The van der Waals surface area contributed by atoms with E-state index >= 15 is 0 Å². The summed E-state index contributed by atoms with van der Waals surface area (Å²) in [5, 5.41) is 9.27. The molecule has 0 aromatic rings. The summed E-state index contributed by atoms with van der Waals surface area (Å²) in [6, 6.07) is 0. The molecule has 0 bridgehead atoms. The highest BCUT2D eigenvalue weighted by atomic mass is 16.3. The fraction of sp³-hybridized carbons (Fsp3) is 0.556. The first-order valence-corrected chi connectivity index (χ1v) is 3.77. The van der Waals surface area contributed by atoms with E-state index in [9.17, 15) is 5.11 Å². The van der Waals surface area contributed by atoms with Crippen LogP contribution < -0.4 is 0 Å². The maximum absolute atomic E-state index is 9.27. The Labute approximate surface area is 68.8 Å². The molecule has 0 spiro atoms. The number of rotatable bonds is 3. The summed E-state index contributed by atoms with van der Waals surface area (Å²) in [7, 11) is 3.84. The van der Waals surface area contributed by atoms with Gasteiger partial charge in [0, 0.05) is 19.8 Å². The molecule has 0 fully saturated rings. The number of hydrogen-bond acceptors (Lipinski definition) is 2. The van der Waals surface area contributed by atoms with Gasteiger partial charge in [-0.3, -0.25) is 0 Å². The zero-order valence-electron chi connectivity index (χ0n) is 7.70. The Morgan fingerprint density at radius 1 is 1.45 bits per heavy atom. The first-order valence-electron chi connectivity index (χ1n) is 3.77. The molecular weight excluding hydrogens is 138 g/mol. The van der Waals surface area contributed by atoms with Gasteiger partial charge in [-0.15, -0.1) is 0 Å². The van der Waals surface area contributed by atoms with Gasteiger partial charge in [-0.05, 0) is 19.9 Å². The third kappa shape index (κ3) is 3.83. The van der Waals surface area contributed by atoms with E-state index in [-0.39, 0.29) is 0 Å². The molecule has 1 N–H and O–H groups in total. The zero-order valence-corrected chi connectivity index (χ0v) is 7.70. The monoisotopic (exact) mass is 155 g/mol. The maximum Gasteiger partial charge on any atom is 0.0908 e. The molecule has 0 rings (SSSR count). The van der Waals surface area contributed by atoms with Crippen LogP contribution >= 0.6 is 0 Å². The molecule has 2 heteroatoms. The molecule has 2 nitrogen and oxygen atoms in total. The second-order valence-corrected chi connectivity index (χ2v) is 2.69. The van der Waals surface area contributed by atoms with Gasteiger partial charge in [0.1, 0.15) is 0 Å². The fourth-order valence-corrected chi connectivity index (χ4v) is 0.857. The first-order chi connectivity index (χ1) is 5.09. The number of allylic oxidation sites excluding steroid dienone is 3. The normalized spacial score (nSPS) is 15.5. The summed E-state index contributed by atoms with van der Waals surface area (Å²) in [5.74, 6) is 0. The summed E-state index contributed by atoms with van der Waals surface area (Å²) in [6.45, 7) is 3.71. The van der Waals surface area contributed by atoms with Gasteiger partial charge in [-0.2, -0.15) is 0 Å². The quantitative estimate of drug-likeness (QED) is 0.622. The summed E-state index contributed by atoms with van der Waals surface area (Å²) in [5.41, 5.74) is 0.920.